The van der Waals surface area contributed by atoms with Crippen molar-refractivity contribution < 1.29 is 0 Å². The summed E-state index contributed by atoms with van der Waals surface area (Å²) in [4.78, 5) is 0. The predicted octanol–water partition coefficient (Wildman–Crippen LogP) is 1.99. The summed E-state index contributed by atoms with van der Waals surface area (Å²) in [5, 5.41) is 11.8. The van der Waals surface area contributed by atoms with Crippen LogP contribution in [0, 0.1) is 5.92 Å². The summed E-state index contributed by atoms with van der Waals surface area (Å²) < 4.78 is 1.99. The Kier molecular flexibility index (Phi) is 2.30. The molecule has 2 aliphatic rings. The molecular weight excluding hydrogens is 200 g/mol. The van der Waals surface area contributed by atoms with Crippen LogP contribution in [0.1, 0.15) is 31.9 Å². The molecule has 1 aromatic heterocycles. The zero-order chi connectivity index (χ0) is 11.1. The number of hydrogen-bond donors (Lipinski definition) is 2. The molecule has 0 aromatic carbocycles. The van der Waals surface area contributed by atoms with Crippen LogP contribution in [0.2, 0.25) is 0 Å². The molecule has 4 heteroatoms. The van der Waals surface area contributed by atoms with Gasteiger partial charge in [0.15, 0.2) is 0 Å². The van der Waals surface area contributed by atoms with Crippen LogP contribution in [0.25, 0.3) is 0 Å². The van der Waals surface area contributed by atoms with Gasteiger partial charge in [0.1, 0.15) is 11.5 Å². The lowest BCUT2D eigenvalue weighted by molar-refractivity contribution is 0.532. The minimum atomic E-state index is 0.647. The summed E-state index contributed by atoms with van der Waals surface area (Å²) in [6.07, 6.45) is 5.01. The molecule has 1 aromatic rings. The Balaban J connectivity index is 1.97. The normalized spacial score (nSPS) is 27.6. The molecule has 0 bridgehead atoms. The van der Waals surface area contributed by atoms with E-state index in [1.165, 1.54) is 36.5 Å². The van der Waals surface area contributed by atoms with Crippen molar-refractivity contribution >= 4 is 11.5 Å². The van der Waals surface area contributed by atoms with E-state index < -0.39 is 0 Å². The number of nitrogens with one attached hydrogen (secondary N) is 2. The van der Waals surface area contributed by atoms with Crippen molar-refractivity contribution in [2.24, 2.45) is 13.0 Å². The Morgan fingerprint density at radius 3 is 3.12 bits per heavy atom. The summed E-state index contributed by atoms with van der Waals surface area (Å²) in [7, 11) is 2.03. The van der Waals surface area contributed by atoms with Crippen LogP contribution < -0.4 is 10.6 Å². The Morgan fingerprint density at radius 2 is 2.31 bits per heavy atom. The second kappa shape index (κ2) is 3.68. The Bertz CT molecular complexity index is 396. The first-order valence-corrected chi connectivity index (χ1v) is 6.36. The van der Waals surface area contributed by atoms with Crippen molar-refractivity contribution in [3.8, 4) is 0 Å². The Labute approximate surface area is 96.4 Å². The third-order valence-corrected chi connectivity index (χ3v) is 3.98. The second-order valence-electron chi connectivity index (χ2n) is 4.97. The maximum absolute atomic E-state index is 4.56. The van der Waals surface area contributed by atoms with Gasteiger partial charge in [0, 0.05) is 19.6 Å². The van der Waals surface area contributed by atoms with Gasteiger partial charge in [-0.3, -0.25) is 4.68 Å². The average molecular weight is 220 g/mol. The van der Waals surface area contributed by atoms with E-state index in [0.717, 1.165) is 18.9 Å². The zero-order valence-corrected chi connectivity index (χ0v) is 10.1. The molecule has 1 saturated carbocycles. The average Bonchev–Trinajstić information content (AvgIpc) is 2.79. The van der Waals surface area contributed by atoms with E-state index in [2.05, 4.69) is 22.7 Å². The van der Waals surface area contributed by atoms with Crippen LogP contribution >= 0.6 is 0 Å². The highest BCUT2D eigenvalue weighted by molar-refractivity contribution is 5.69. The quantitative estimate of drug-likeness (QED) is 0.760. The number of hydrogen-bond acceptors (Lipinski definition) is 3. The predicted molar refractivity (Wildman–Crippen MR) is 65.8 cm³/mol. The fraction of sp³-hybridized carbons (Fsp3) is 0.750. The van der Waals surface area contributed by atoms with Gasteiger partial charge in [-0.25, -0.2) is 0 Å². The van der Waals surface area contributed by atoms with Gasteiger partial charge in [0.2, 0.25) is 0 Å². The molecule has 88 valence electrons. The number of aromatic nitrogens is 2. The molecule has 1 fully saturated rings. The smallest absolute Gasteiger partial charge is 0.148 e. The topological polar surface area (TPSA) is 41.9 Å². The number of nitrogens with zero attached hydrogens (tertiary/aromatic N) is 2. The first kappa shape index (κ1) is 10.00. The summed E-state index contributed by atoms with van der Waals surface area (Å²) in [6.45, 7) is 3.26. The summed E-state index contributed by atoms with van der Waals surface area (Å²) >= 11 is 0. The molecule has 2 N–H and O–H groups in total. The number of aryl methyl sites for hydroxylation is 2. The minimum Gasteiger partial charge on any atom is -0.380 e. The molecular formula is C12H20N4. The van der Waals surface area contributed by atoms with Crippen LogP contribution in [-0.2, 0) is 13.5 Å². The van der Waals surface area contributed by atoms with Gasteiger partial charge in [-0.2, -0.15) is 5.10 Å². The van der Waals surface area contributed by atoms with Crippen LogP contribution in [0.3, 0.4) is 0 Å². The van der Waals surface area contributed by atoms with Crippen LogP contribution in [0.4, 0.5) is 11.5 Å². The van der Waals surface area contributed by atoms with Crippen molar-refractivity contribution in [2.75, 3.05) is 17.2 Å². The molecule has 0 radical (unpaired) electrons. The van der Waals surface area contributed by atoms with E-state index in [1.807, 2.05) is 11.7 Å². The molecule has 2 heterocycles. The Morgan fingerprint density at radius 1 is 1.44 bits per heavy atom. The molecule has 4 nitrogen and oxygen atoms in total. The van der Waals surface area contributed by atoms with Gasteiger partial charge >= 0.3 is 0 Å². The van der Waals surface area contributed by atoms with E-state index in [1.54, 1.807) is 0 Å². The highest BCUT2D eigenvalue weighted by Gasteiger charge is 2.32. The summed E-state index contributed by atoms with van der Waals surface area (Å²) in [5.74, 6) is 1.98. The monoisotopic (exact) mass is 220 g/mol. The maximum Gasteiger partial charge on any atom is 0.148 e. The van der Waals surface area contributed by atoms with Gasteiger partial charge in [-0.15, -0.1) is 0 Å². The molecule has 1 aliphatic heterocycles. The van der Waals surface area contributed by atoms with Crippen molar-refractivity contribution in [3.05, 3.63) is 5.69 Å². The lowest BCUT2D eigenvalue weighted by Gasteiger charge is -2.17. The largest absolute Gasteiger partial charge is 0.380 e. The van der Waals surface area contributed by atoms with E-state index in [4.69, 9.17) is 0 Å². The highest BCUT2D eigenvalue weighted by Crippen LogP contribution is 2.36. The van der Waals surface area contributed by atoms with Gasteiger partial charge in [-0.05, 0) is 25.2 Å². The second-order valence-corrected chi connectivity index (χ2v) is 4.97. The third kappa shape index (κ3) is 1.39. The SMILES string of the molecule is CCc1nn(C)c2c1NCC1CCCC1N2. The van der Waals surface area contributed by atoms with Crippen LogP contribution in [0.15, 0.2) is 0 Å². The molecule has 0 spiro atoms. The fourth-order valence-electron chi connectivity index (χ4n) is 3.06. The minimum absolute atomic E-state index is 0.647. The first-order valence-electron chi connectivity index (χ1n) is 6.36. The van der Waals surface area contributed by atoms with Crippen molar-refractivity contribution in [1.29, 1.82) is 0 Å². The van der Waals surface area contributed by atoms with E-state index in [-0.39, 0.29) is 0 Å². The van der Waals surface area contributed by atoms with E-state index in [0.29, 0.717) is 6.04 Å². The standard InChI is InChI=1S/C12H20N4/c1-3-9-11-12(16(2)15-9)14-10-6-4-5-8(10)7-13-11/h8,10,13-14H,3-7H2,1-2H3. The molecule has 16 heavy (non-hydrogen) atoms. The van der Waals surface area contributed by atoms with Crippen molar-refractivity contribution in [1.82, 2.24) is 9.78 Å². The van der Waals surface area contributed by atoms with Crippen molar-refractivity contribution in [2.45, 2.75) is 38.6 Å². The molecule has 0 amide bonds. The molecule has 0 saturated heterocycles. The molecule has 3 rings (SSSR count). The number of anilines is 2. The first-order chi connectivity index (χ1) is 7.79. The zero-order valence-electron chi connectivity index (χ0n) is 10.1. The third-order valence-electron chi connectivity index (χ3n) is 3.98. The van der Waals surface area contributed by atoms with Gasteiger partial charge in [0.05, 0.1) is 5.69 Å². The molecule has 2 atom stereocenters. The molecule has 2 unspecified atom stereocenters. The van der Waals surface area contributed by atoms with Gasteiger partial charge < -0.3 is 10.6 Å². The van der Waals surface area contributed by atoms with Gasteiger partial charge in [-0.1, -0.05) is 13.3 Å². The van der Waals surface area contributed by atoms with Gasteiger partial charge in [0.25, 0.3) is 0 Å². The highest BCUT2D eigenvalue weighted by atomic mass is 15.3. The van der Waals surface area contributed by atoms with Crippen LogP contribution in [0.5, 0.6) is 0 Å². The van der Waals surface area contributed by atoms with E-state index >= 15 is 0 Å². The Hall–Kier alpha value is -1.19. The molecule has 1 aliphatic carbocycles. The van der Waals surface area contributed by atoms with Crippen molar-refractivity contribution in [3.63, 3.8) is 0 Å². The van der Waals surface area contributed by atoms with E-state index in [9.17, 15) is 0 Å². The lowest BCUT2D eigenvalue weighted by atomic mass is 10.0. The van der Waals surface area contributed by atoms with Crippen LogP contribution in [-0.4, -0.2) is 22.4 Å². The fourth-order valence-corrected chi connectivity index (χ4v) is 3.06. The summed E-state index contributed by atoms with van der Waals surface area (Å²) in [5.41, 5.74) is 2.42. The number of rotatable bonds is 1. The number of fused-ring (bicyclic) bond motifs is 2. The lowest BCUT2D eigenvalue weighted by Crippen LogP contribution is -2.26. The maximum atomic E-state index is 4.56. The summed E-state index contributed by atoms with van der Waals surface area (Å²) in [6, 6.07) is 0.647.